The molecule has 0 aliphatic carbocycles. The molecular formula is C17H20BrN3O2. The van der Waals surface area contributed by atoms with Gasteiger partial charge in [0.25, 0.3) is 5.91 Å². The highest BCUT2D eigenvalue weighted by Crippen LogP contribution is 2.28. The van der Waals surface area contributed by atoms with E-state index in [0.717, 1.165) is 53.7 Å². The van der Waals surface area contributed by atoms with Crippen molar-refractivity contribution in [3.63, 3.8) is 0 Å². The average molecular weight is 378 g/mol. The number of aryl methyl sites for hydroxylation is 1. The van der Waals surface area contributed by atoms with Crippen LogP contribution in [0.25, 0.3) is 10.8 Å². The van der Waals surface area contributed by atoms with E-state index in [0.29, 0.717) is 12.2 Å². The number of halogens is 1. The number of nitrogens with one attached hydrogen (secondary N) is 1. The fraction of sp³-hybridized carbons (Fsp3) is 0.412. The van der Waals surface area contributed by atoms with Crippen LogP contribution in [0.5, 0.6) is 0 Å². The van der Waals surface area contributed by atoms with Gasteiger partial charge in [0.15, 0.2) is 0 Å². The molecule has 122 valence electrons. The number of morpholine rings is 1. The van der Waals surface area contributed by atoms with Crippen molar-refractivity contribution in [3.8, 4) is 0 Å². The molecule has 0 radical (unpaired) electrons. The molecule has 5 nitrogen and oxygen atoms in total. The lowest BCUT2D eigenvalue weighted by Crippen LogP contribution is -2.41. The summed E-state index contributed by atoms with van der Waals surface area (Å²) >= 11 is 3.56. The van der Waals surface area contributed by atoms with Crippen LogP contribution >= 0.6 is 15.9 Å². The number of benzene rings is 1. The predicted octanol–water partition coefficient (Wildman–Crippen LogP) is 2.37. The highest BCUT2D eigenvalue weighted by molar-refractivity contribution is 9.10. The summed E-state index contributed by atoms with van der Waals surface area (Å²) in [5, 5.41) is 4.90. The number of aromatic nitrogens is 1. The Balaban J connectivity index is 1.71. The molecule has 1 N–H and O–H groups in total. The summed E-state index contributed by atoms with van der Waals surface area (Å²) in [4.78, 5) is 19.1. The Labute approximate surface area is 144 Å². The zero-order chi connectivity index (χ0) is 16.2. The lowest BCUT2D eigenvalue weighted by atomic mass is 10.1. The number of rotatable bonds is 4. The fourth-order valence-electron chi connectivity index (χ4n) is 2.83. The van der Waals surface area contributed by atoms with E-state index in [1.807, 2.05) is 25.1 Å². The lowest BCUT2D eigenvalue weighted by molar-refractivity contribution is 0.0383. The fourth-order valence-corrected chi connectivity index (χ4v) is 3.51. The summed E-state index contributed by atoms with van der Waals surface area (Å²) in [6.07, 6.45) is 1.75. The van der Waals surface area contributed by atoms with Gasteiger partial charge in [-0.25, -0.2) is 0 Å². The molecule has 0 bridgehead atoms. The first-order chi connectivity index (χ1) is 11.2. The minimum atomic E-state index is -0.124. The molecule has 0 unspecified atom stereocenters. The Bertz CT molecular complexity index is 706. The Morgan fingerprint density at radius 1 is 1.39 bits per heavy atom. The van der Waals surface area contributed by atoms with Gasteiger partial charge in [0.05, 0.1) is 13.2 Å². The minimum absolute atomic E-state index is 0.124. The monoisotopic (exact) mass is 377 g/mol. The van der Waals surface area contributed by atoms with E-state index in [2.05, 4.69) is 31.1 Å². The largest absolute Gasteiger partial charge is 0.379 e. The maximum Gasteiger partial charge on any atom is 0.270 e. The van der Waals surface area contributed by atoms with Crippen LogP contribution in [0.2, 0.25) is 0 Å². The summed E-state index contributed by atoms with van der Waals surface area (Å²) in [7, 11) is 0. The average Bonchev–Trinajstić information content (AvgIpc) is 2.56. The Hall–Kier alpha value is -1.50. The van der Waals surface area contributed by atoms with E-state index in [1.54, 1.807) is 6.20 Å². The van der Waals surface area contributed by atoms with Crippen molar-refractivity contribution in [2.45, 2.75) is 6.92 Å². The van der Waals surface area contributed by atoms with Gasteiger partial charge in [-0.3, -0.25) is 14.7 Å². The van der Waals surface area contributed by atoms with Gasteiger partial charge in [-0.2, -0.15) is 0 Å². The van der Waals surface area contributed by atoms with Crippen molar-refractivity contribution in [3.05, 3.63) is 40.1 Å². The molecule has 0 spiro atoms. The SMILES string of the molecule is Cc1cnc(C(=O)NCCN2CCOCC2)c2cccc(Br)c12. The second-order valence-electron chi connectivity index (χ2n) is 5.66. The molecule has 0 saturated carbocycles. The number of carbonyl (C=O) groups is 1. The first-order valence-electron chi connectivity index (χ1n) is 7.79. The molecule has 1 fully saturated rings. The molecule has 1 aliphatic rings. The van der Waals surface area contributed by atoms with Gasteiger partial charge in [0.2, 0.25) is 0 Å². The number of carbonyl (C=O) groups excluding carboxylic acids is 1. The summed E-state index contributed by atoms with van der Waals surface area (Å²) in [5.74, 6) is -0.124. The summed E-state index contributed by atoms with van der Waals surface area (Å²) in [6.45, 7) is 6.84. The Morgan fingerprint density at radius 2 is 2.17 bits per heavy atom. The molecule has 23 heavy (non-hydrogen) atoms. The van der Waals surface area contributed by atoms with E-state index in [1.165, 1.54) is 0 Å². The van der Waals surface area contributed by atoms with Crippen molar-refractivity contribution < 1.29 is 9.53 Å². The number of hydrogen-bond donors (Lipinski definition) is 1. The van der Waals surface area contributed by atoms with E-state index in [4.69, 9.17) is 4.74 Å². The van der Waals surface area contributed by atoms with E-state index < -0.39 is 0 Å². The van der Waals surface area contributed by atoms with Crippen molar-refractivity contribution in [2.75, 3.05) is 39.4 Å². The quantitative estimate of drug-likeness (QED) is 0.888. The molecule has 1 aromatic heterocycles. The molecule has 0 atom stereocenters. The summed E-state index contributed by atoms with van der Waals surface area (Å²) in [6, 6.07) is 5.85. The summed E-state index contributed by atoms with van der Waals surface area (Å²) < 4.78 is 6.31. The molecule has 1 amide bonds. The van der Waals surface area contributed by atoms with Crippen LogP contribution < -0.4 is 5.32 Å². The normalized spacial score (nSPS) is 15.7. The van der Waals surface area contributed by atoms with Gasteiger partial charge in [-0.1, -0.05) is 28.1 Å². The molecule has 2 aromatic rings. The minimum Gasteiger partial charge on any atom is -0.379 e. The maximum atomic E-state index is 12.5. The molecule has 3 rings (SSSR count). The molecule has 6 heteroatoms. The first kappa shape index (κ1) is 16.4. The van der Waals surface area contributed by atoms with E-state index >= 15 is 0 Å². The van der Waals surface area contributed by atoms with Crippen molar-refractivity contribution in [2.24, 2.45) is 0 Å². The van der Waals surface area contributed by atoms with Gasteiger partial charge >= 0.3 is 0 Å². The Morgan fingerprint density at radius 3 is 2.96 bits per heavy atom. The number of fused-ring (bicyclic) bond motifs is 1. The van der Waals surface area contributed by atoms with Crippen LogP contribution in [0.4, 0.5) is 0 Å². The molecule has 1 saturated heterocycles. The van der Waals surface area contributed by atoms with Crippen LogP contribution in [0.15, 0.2) is 28.9 Å². The van der Waals surface area contributed by atoms with Crippen molar-refractivity contribution in [1.82, 2.24) is 15.2 Å². The van der Waals surface area contributed by atoms with Gasteiger partial charge < -0.3 is 10.1 Å². The molecule has 2 heterocycles. The van der Waals surface area contributed by atoms with Crippen molar-refractivity contribution in [1.29, 1.82) is 0 Å². The van der Waals surface area contributed by atoms with Crippen LogP contribution in [0.3, 0.4) is 0 Å². The van der Waals surface area contributed by atoms with Crippen LogP contribution in [0, 0.1) is 6.92 Å². The van der Waals surface area contributed by atoms with Gasteiger partial charge in [-0.05, 0) is 18.6 Å². The molecule has 1 aromatic carbocycles. The number of amides is 1. The zero-order valence-corrected chi connectivity index (χ0v) is 14.7. The molecular weight excluding hydrogens is 358 g/mol. The standard InChI is InChI=1S/C17H20BrN3O2/c1-12-11-20-16(13-3-2-4-14(18)15(12)13)17(22)19-5-6-21-7-9-23-10-8-21/h2-4,11H,5-10H2,1H3,(H,19,22). The lowest BCUT2D eigenvalue weighted by Gasteiger charge is -2.26. The third-order valence-corrected chi connectivity index (χ3v) is 4.74. The van der Waals surface area contributed by atoms with E-state index in [-0.39, 0.29) is 5.91 Å². The van der Waals surface area contributed by atoms with Gasteiger partial charge in [-0.15, -0.1) is 0 Å². The van der Waals surface area contributed by atoms with Crippen LogP contribution in [0.1, 0.15) is 16.1 Å². The van der Waals surface area contributed by atoms with E-state index in [9.17, 15) is 4.79 Å². The predicted molar refractivity (Wildman–Crippen MR) is 93.8 cm³/mol. The van der Waals surface area contributed by atoms with Gasteiger partial charge in [0.1, 0.15) is 5.69 Å². The summed E-state index contributed by atoms with van der Waals surface area (Å²) in [5.41, 5.74) is 1.53. The number of nitrogens with zero attached hydrogens (tertiary/aromatic N) is 2. The van der Waals surface area contributed by atoms with Gasteiger partial charge in [0, 0.05) is 47.6 Å². The Kier molecular flexibility index (Phi) is 5.25. The van der Waals surface area contributed by atoms with Crippen LogP contribution in [-0.4, -0.2) is 55.2 Å². The number of hydrogen-bond acceptors (Lipinski definition) is 4. The zero-order valence-electron chi connectivity index (χ0n) is 13.1. The molecule has 1 aliphatic heterocycles. The number of ether oxygens (including phenoxy) is 1. The first-order valence-corrected chi connectivity index (χ1v) is 8.58. The maximum absolute atomic E-state index is 12.5. The highest BCUT2D eigenvalue weighted by atomic mass is 79.9. The van der Waals surface area contributed by atoms with Crippen molar-refractivity contribution >= 4 is 32.6 Å². The third-order valence-electron chi connectivity index (χ3n) is 4.08. The van der Waals surface area contributed by atoms with Crippen LogP contribution in [-0.2, 0) is 4.74 Å². The topological polar surface area (TPSA) is 54.5 Å². The second-order valence-corrected chi connectivity index (χ2v) is 6.52. The second kappa shape index (κ2) is 7.38. The smallest absolute Gasteiger partial charge is 0.270 e. The highest BCUT2D eigenvalue weighted by Gasteiger charge is 2.15. The third kappa shape index (κ3) is 3.71. The number of pyridine rings is 1.